The van der Waals surface area contributed by atoms with Gasteiger partial charge < -0.3 is 5.32 Å². The quantitative estimate of drug-likeness (QED) is 0.644. The van der Waals surface area contributed by atoms with E-state index in [0.717, 1.165) is 23.7 Å². The van der Waals surface area contributed by atoms with E-state index in [1.807, 2.05) is 20.8 Å². The fraction of sp³-hybridized carbons (Fsp3) is 0.462. The third kappa shape index (κ3) is 3.08. The Hall–Kier alpha value is -1.31. The molecule has 2 aliphatic rings. The summed E-state index contributed by atoms with van der Waals surface area (Å²) in [4.78, 5) is 4.49. The lowest BCUT2D eigenvalue weighted by atomic mass is 10.2. The van der Waals surface area contributed by atoms with Gasteiger partial charge in [0.05, 0.1) is 17.9 Å². The zero-order valence-electron chi connectivity index (χ0n) is 10.0. The summed E-state index contributed by atoms with van der Waals surface area (Å²) in [6.45, 7) is 9.08. The molecule has 82 valence electrons. The van der Waals surface area contributed by atoms with Crippen LogP contribution in [0.1, 0.15) is 27.7 Å². The average Bonchev–Trinajstić information content (AvgIpc) is 2.44. The normalized spacial score (nSPS) is 23.2. The van der Waals surface area contributed by atoms with E-state index in [-0.39, 0.29) is 0 Å². The molecule has 15 heavy (non-hydrogen) atoms. The van der Waals surface area contributed by atoms with Crippen LogP contribution in [0.5, 0.6) is 0 Å². The lowest BCUT2D eigenvalue weighted by Gasteiger charge is -2.14. The van der Waals surface area contributed by atoms with Crippen LogP contribution in [-0.2, 0) is 0 Å². The topological polar surface area (TPSA) is 24.4 Å². The molecule has 1 atom stereocenters. The summed E-state index contributed by atoms with van der Waals surface area (Å²) < 4.78 is 0. The first-order valence-electron chi connectivity index (χ1n) is 5.64. The Balaban J connectivity index is 0.000000531. The largest absolute Gasteiger partial charge is 0.378 e. The Morgan fingerprint density at radius 2 is 1.93 bits per heavy atom. The summed E-state index contributed by atoms with van der Waals surface area (Å²) in [5.41, 5.74) is 3.35. The first-order valence-corrected chi connectivity index (χ1v) is 5.64. The number of allylic oxidation sites excluding steroid dienone is 4. The Bertz CT molecular complexity index is 332. The fourth-order valence-electron chi connectivity index (χ4n) is 1.45. The Kier molecular flexibility index (Phi) is 4.35. The van der Waals surface area contributed by atoms with Crippen molar-refractivity contribution < 1.29 is 0 Å². The molecule has 0 saturated heterocycles. The first kappa shape index (κ1) is 11.8. The van der Waals surface area contributed by atoms with Gasteiger partial charge in [-0.3, -0.25) is 4.99 Å². The van der Waals surface area contributed by atoms with Crippen molar-refractivity contribution in [1.82, 2.24) is 5.32 Å². The molecule has 1 N–H and O–H groups in total. The van der Waals surface area contributed by atoms with Crippen molar-refractivity contribution >= 4 is 5.71 Å². The molecule has 1 unspecified atom stereocenters. The summed E-state index contributed by atoms with van der Waals surface area (Å²) in [7, 11) is 0. The Morgan fingerprint density at radius 3 is 2.67 bits per heavy atom. The summed E-state index contributed by atoms with van der Waals surface area (Å²) in [6.07, 6.45) is 8.57. The summed E-state index contributed by atoms with van der Waals surface area (Å²) in [5, 5.41) is 3.34. The molecule has 0 aromatic rings. The zero-order valence-corrected chi connectivity index (χ0v) is 10.0. The van der Waals surface area contributed by atoms with Gasteiger partial charge in [0.2, 0.25) is 0 Å². The maximum atomic E-state index is 4.49. The van der Waals surface area contributed by atoms with Gasteiger partial charge in [-0.1, -0.05) is 32.9 Å². The van der Waals surface area contributed by atoms with Crippen LogP contribution >= 0.6 is 0 Å². The fourth-order valence-corrected chi connectivity index (χ4v) is 1.45. The van der Waals surface area contributed by atoms with Crippen molar-refractivity contribution in [2.45, 2.75) is 27.7 Å². The molecule has 0 spiro atoms. The highest BCUT2D eigenvalue weighted by molar-refractivity contribution is 5.86. The minimum Gasteiger partial charge on any atom is -0.378 e. The minimum absolute atomic E-state index is 0.503. The standard InChI is InChI=1S/C11H14N2.C2H6/c1-8-3-5-10-11(6-4-8)13-9(2)7-12-10;1-2/h3-6,8,12H,7H2,1-2H3;1-2H3. The lowest BCUT2D eigenvalue weighted by Crippen LogP contribution is -2.24. The van der Waals surface area contributed by atoms with Crippen LogP contribution < -0.4 is 5.32 Å². The number of nitrogens with one attached hydrogen (secondary N) is 1. The van der Waals surface area contributed by atoms with Gasteiger partial charge in [0.1, 0.15) is 0 Å². The van der Waals surface area contributed by atoms with Crippen molar-refractivity contribution in [3.8, 4) is 0 Å². The van der Waals surface area contributed by atoms with Gasteiger partial charge in [0.15, 0.2) is 0 Å². The Morgan fingerprint density at radius 1 is 1.27 bits per heavy atom. The van der Waals surface area contributed by atoms with Crippen LogP contribution in [0.25, 0.3) is 0 Å². The molecule has 1 heterocycles. The van der Waals surface area contributed by atoms with Gasteiger partial charge in [0, 0.05) is 5.71 Å². The highest BCUT2D eigenvalue weighted by atomic mass is 15.0. The third-order valence-electron chi connectivity index (χ3n) is 2.25. The van der Waals surface area contributed by atoms with Crippen LogP contribution in [0.2, 0.25) is 0 Å². The van der Waals surface area contributed by atoms with E-state index in [1.54, 1.807) is 0 Å². The molecule has 2 heteroatoms. The van der Waals surface area contributed by atoms with E-state index in [4.69, 9.17) is 0 Å². The summed E-state index contributed by atoms with van der Waals surface area (Å²) >= 11 is 0. The van der Waals surface area contributed by atoms with E-state index in [1.165, 1.54) is 0 Å². The molecular formula is C13H20N2. The van der Waals surface area contributed by atoms with E-state index >= 15 is 0 Å². The SMILES string of the molecule is CC.CC1=NC2=C(C=CC(C)C=C2)NC1. The van der Waals surface area contributed by atoms with Gasteiger partial charge in [-0.15, -0.1) is 0 Å². The van der Waals surface area contributed by atoms with Crippen molar-refractivity contribution in [1.29, 1.82) is 0 Å². The molecule has 0 saturated carbocycles. The molecule has 2 nitrogen and oxygen atoms in total. The lowest BCUT2D eigenvalue weighted by molar-refractivity contribution is 0.908. The summed E-state index contributed by atoms with van der Waals surface area (Å²) in [6, 6.07) is 0. The number of hydrogen-bond acceptors (Lipinski definition) is 2. The molecule has 1 aliphatic heterocycles. The molecule has 2 rings (SSSR count). The molecule has 0 fully saturated rings. The molecule has 0 bridgehead atoms. The maximum absolute atomic E-state index is 4.49. The van der Waals surface area contributed by atoms with Crippen LogP contribution in [0.4, 0.5) is 0 Å². The Labute approximate surface area is 92.5 Å². The van der Waals surface area contributed by atoms with E-state index in [9.17, 15) is 0 Å². The molecule has 0 amide bonds. The number of aliphatic imine (C=N–C) groups is 1. The number of nitrogens with zero attached hydrogens (tertiary/aromatic N) is 1. The average molecular weight is 204 g/mol. The molecular weight excluding hydrogens is 184 g/mol. The second kappa shape index (κ2) is 5.54. The number of hydrogen-bond donors (Lipinski definition) is 1. The third-order valence-corrected chi connectivity index (χ3v) is 2.25. The van der Waals surface area contributed by atoms with Crippen molar-refractivity contribution in [3.63, 3.8) is 0 Å². The van der Waals surface area contributed by atoms with E-state index in [0.29, 0.717) is 5.92 Å². The van der Waals surface area contributed by atoms with Crippen molar-refractivity contribution in [3.05, 3.63) is 35.7 Å². The first-order chi connectivity index (χ1) is 7.25. The minimum atomic E-state index is 0.503. The second-order valence-corrected chi connectivity index (χ2v) is 3.58. The molecule has 0 aromatic heterocycles. The second-order valence-electron chi connectivity index (χ2n) is 3.58. The molecule has 1 aliphatic carbocycles. The highest BCUT2D eigenvalue weighted by Gasteiger charge is 2.09. The van der Waals surface area contributed by atoms with Gasteiger partial charge in [0.25, 0.3) is 0 Å². The van der Waals surface area contributed by atoms with Crippen LogP contribution in [-0.4, -0.2) is 12.3 Å². The predicted octanol–water partition coefficient (Wildman–Crippen LogP) is 3.05. The smallest absolute Gasteiger partial charge is 0.0858 e. The van der Waals surface area contributed by atoms with Crippen LogP contribution in [0, 0.1) is 5.92 Å². The molecule has 0 aromatic carbocycles. The van der Waals surface area contributed by atoms with Gasteiger partial charge in [-0.05, 0) is 25.0 Å². The van der Waals surface area contributed by atoms with Crippen molar-refractivity contribution in [2.24, 2.45) is 10.9 Å². The van der Waals surface area contributed by atoms with E-state index in [2.05, 4.69) is 41.5 Å². The molecule has 0 radical (unpaired) electrons. The van der Waals surface area contributed by atoms with Gasteiger partial charge >= 0.3 is 0 Å². The highest BCUT2D eigenvalue weighted by Crippen LogP contribution is 2.17. The van der Waals surface area contributed by atoms with Crippen LogP contribution in [0.15, 0.2) is 40.7 Å². The van der Waals surface area contributed by atoms with Gasteiger partial charge in [-0.2, -0.15) is 0 Å². The monoisotopic (exact) mass is 204 g/mol. The summed E-state index contributed by atoms with van der Waals surface area (Å²) in [5.74, 6) is 0.503. The van der Waals surface area contributed by atoms with E-state index < -0.39 is 0 Å². The maximum Gasteiger partial charge on any atom is 0.0858 e. The van der Waals surface area contributed by atoms with Crippen LogP contribution in [0.3, 0.4) is 0 Å². The predicted molar refractivity (Wildman–Crippen MR) is 66.9 cm³/mol. The zero-order chi connectivity index (χ0) is 11.3. The van der Waals surface area contributed by atoms with Crippen molar-refractivity contribution in [2.75, 3.05) is 6.54 Å². The number of rotatable bonds is 0. The van der Waals surface area contributed by atoms with Gasteiger partial charge in [-0.25, -0.2) is 0 Å².